The summed E-state index contributed by atoms with van der Waals surface area (Å²) < 4.78 is 0. The predicted molar refractivity (Wildman–Crippen MR) is 103 cm³/mol. The second kappa shape index (κ2) is 7.85. The maximum atomic E-state index is 11.5. The number of nitrogens with zero attached hydrogens (tertiary/aromatic N) is 4. The van der Waals surface area contributed by atoms with Crippen LogP contribution >= 0.6 is 11.3 Å². The molecule has 1 unspecified atom stereocenters. The van der Waals surface area contributed by atoms with Gasteiger partial charge < -0.3 is 15.1 Å². The Morgan fingerprint density at radius 1 is 1.38 bits per heavy atom. The van der Waals surface area contributed by atoms with Crippen LogP contribution in [0.25, 0.3) is 10.2 Å². The molecule has 2 N–H and O–H groups in total. The monoisotopic (exact) mass is 378 g/mol. The van der Waals surface area contributed by atoms with Gasteiger partial charge in [-0.15, -0.1) is 11.3 Å². The SMILES string of the molecule is Cc1c(C(=O)O)sc2ncnc(N3CCN(CC(C)C)C(CCO)C3)c12. The molecule has 0 radical (unpaired) electrons. The van der Waals surface area contributed by atoms with Crippen molar-refractivity contribution >= 4 is 33.3 Å². The molecule has 8 heteroatoms. The van der Waals surface area contributed by atoms with Gasteiger partial charge in [-0.1, -0.05) is 13.8 Å². The highest BCUT2D eigenvalue weighted by molar-refractivity contribution is 7.20. The first kappa shape index (κ1) is 19.0. The van der Waals surface area contributed by atoms with Gasteiger partial charge in [0.1, 0.15) is 21.9 Å². The number of hydrogen-bond donors (Lipinski definition) is 2. The van der Waals surface area contributed by atoms with Crippen molar-refractivity contribution < 1.29 is 15.0 Å². The van der Waals surface area contributed by atoms with Crippen molar-refractivity contribution in [2.75, 3.05) is 37.7 Å². The van der Waals surface area contributed by atoms with Crippen molar-refractivity contribution in [3.8, 4) is 0 Å². The van der Waals surface area contributed by atoms with Gasteiger partial charge in [0.15, 0.2) is 0 Å². The van der Waals surface area contributed by atoms with E-state index >= 15 is 0 Å². The standard InChI is InChI=1S/C18H26N4O3S/c1-11(2)8-21-5-6-22(9-13(21)4-7-23)16-14-12(3)15(18(24)25)26-17(14)20-10-19-16/h10-11,13,23H,4-9H2,1-3H3,(H,24,25). The molecule has 0 bridgehead atoms. The van der Waals surface area contributed by atoms with E-state index in [-0.39, 0.29) is 12.6 Å². The molecule has 1 saturated heterocycles. The van der Waals surface area contributed by atoms with Gasteiger partial charge in [-0.25, -0.2) is 14.8 Å². The molecule has 1 aliphatic rings. The van der Waals surface area contributed by atoms with Gasteiger partial charge in [0.2, 0.25) is 0 Å². The smallest absolute Gasteiger partial charge is 0.346 e. The van der Waals surface area contributed by atoms with Crippen molar-refractivity contribution in [3.05, 3.63) is 16.8 Å². The summed E-state index contributed by atoms with van der Waals surface area (Å²) in [6, 6.07) is 0.263. The quantitative estimate of drug-likeness (QED) is 0.796. The summed E-state index contributed by atoms with van der Waals surface area (Å²) in [5.41, 5.74) is 0.733. The molecule has 1 atom stereocenters. The lowest BCUT2D eigenvalue weighted by Gasteiger charge is -2.42. The average Bonchev–Trinajstić information content (AvgIpc) is 2.94. The number of aryl methyl sites for hydroxylation is 1. The van der Waals surface area contributed by atoms with Crippen LogP contribution in [0.3, 0.4) is 0 Å². The number of aromatic nitrogens is 2. The van der Waals surface area contributed by atoms with E-state index in [1.165, 1.54) is 17.7 Å². The van der Waals surface area contributed by atoms with Gasteiger partial charge in [-0.05, 0) is 24.8 Å². The molecule has 3 heterocycles. The maximum Gasteiger partial charge on any atom is 0.346 e. The third-order valence-electron chi connectivity index (χ3n) is 4.87. The number of carboxylic acids is 1. The molecule has 0 spiro atoms. The minimum Gasteiger partial charge on any atom is -0.477 e. The zero-order valence-corrected chi connectivity index (χ0v) is 16.3. The predicted octanol–water partition coefficient (Wildman–Crippen LogP) is 2.23. The van der Waals surface area contributed by atoms with Crippen LogP contribution in [0.15, 0.2) is 6.33 Å². The number of fused-ring (bicyclic) bond motifs is 1. The Kier molecular flexibility index (Phi) is 5.74. The fraction of sp³-hybridized carbons (Fsp3) is 0.611. The fourth-order valence-corrected chi connectivity index (χ4v) is 4.70. The van der Waals surface area contributed by atoms with Crippen LogP contribution in [0.4, 0.5) is 5.82 Å². The fourth-order valence-electron chi connectivity index (χ4n) is 3.71. The molecule has 2 aromatic heterocycles. The lowest BCUT2D eigenvalue weighted by Crippen LogP contribution is -2.54. The van der Waals surface area contributed by atoms with E-state index in [1.807, 2.05) is 6.92 Å². The number of anilines is 1. The Morgan fingerprint density at radius 3 is 2.81 bits per heavy atom. The minimum atomic E-state index is -0.920. The molecule has 142 valence electrons. The Bertz CT molecular complexity index is 792. The largest absolute Gasteiger partial charge is 0.477 e. The first-order valence-corrected chi connectivity index (χ1v) is 9.81. The number of aliphatic hydroxyl groups excluding tert-OH is 1. The number of rotatable bonds is 6. The van der Waals surface area contributed by atoms with Crippen molar-refractivity contribution in [1.29, 1.82) is 0 Å². The molecule has 0 saturated carbocycles. The summed E-state index contributed by atoms with van der Waals surface area (Å²) >= 11 is 1.20. The molecular weight excluding hydrogens is 352 g/mol. The summed E-state index contributed by atoms with van der Waals surface area (Å²) in [4.78, 5) is 25.9. The summed E-state index contributed by atoms with van der Waals surface area (Å²) in [7, 11) is 0. The molecule has 1 fully saturated rings. The van der Waals surface area contributed by atoms with Crippen LogP contribution in [-0.4, -0.2) is 69.9 Å². The first-order valence-electron chi connectivity index (χ1n) is 8.99. The van der Waals surface area contributed by atoms with E-state index in [1.54, 1.807) is 0 Å². The highest BCUT2D eigenvalue weighted by Gasteiger charge is 2.30. The van der Waals surface area contributed by atoms with Crippen LogP contribution in [-0.2, 0) is 0 Å². The Morgan fingerprint density at radius 2 is 2.15 bits per heavy atom. The first-order chi connectivity index (χ1) is 12.4. The van der Waals surface area contributed by atoms with E-state index in [9.17, 15) is 15.0 Å². The molecule has 0 aromatic carbocycles. The molecule has 0 amide bonds. The number of aliphatic hydroxyl groups is 1. The van der Waals surface area contributed by atoms with Gasteiger partial charge in [0, 0.05) is 38.8 Å². The van der Waals surface area contributed by atoms with Gasteiger partial charge in [0.25, 0.3) is 0 Å². The Balaban J connectivity index is 1.93. The van der Waals surface area contributed by atoms with Gasteiger partial charge in [0.05, 0.1) is 5.39 Å². The lowest BCUT2D eigenvalue weighted by molar-refractivity contribution is 0.0701. The highest BCUT2D eigenvalue weighted by atomic mass is 32.1. The summed E-state index contributed by atoms with van der Waals surface area (Å²) in [6.07, 6.45) is 2.24. The lowest BCUT2D eigenvalue weighted by atomic mass is 10.1. The zero-order chi connectivity index (χ0) is 18.8. The number of hydrogen-bond acceptors (Lipinski definition) is 7. The van der Waals surface area contributed by atoms with E-state index in [2.05, 4.69) is 33.6 Å². The van der Waals surface area contributed by atoms with E-state index in [0.29, 0.717) is 15.6 Å². The Labute approximate surface area is 157 Å². The summed E-state index contributed by atoms with van der Waals surface area (Å²) in [5, 5.41) is 19.7. The third kappa shape index (κ3) is 3.67. The number of carboxylic acid groups (broad SMARTS) is 1. The average molecular weight is 378 g/mol. The second-order valence-corrected chi connectivity index (χ2v) is 8.24. The normalized spacial score (nSPS) is 18.8. The molecule has 7 nitrogen and oxygen atoms in total. The number of aromatic carboxylic acids is 1. The molecule has 1 aliphatic heterocycles. The molecule has 2 aromatic rings. The van der Waals surface area contributed by atoms with E-state index in [4.69, 9.17) is 0 Å². The minimum absolute atomic E-state index is 0.160. The van der Waals surface area contributed by atoms with Crippen molar-refractivity contribution in [1.82, 2.24) is 14.9 Å². The van der Waals surface area contributed by atoms with Crippen LogP contribution < -0.4 is 4.90 Å². The number of thiophene rings is 1. The van der Waals surface area contributed by atoms with Crippen molar-refractivity contribution in [2.24, 2.45) is 5.92 Å². The van der Waals surface area contributed by atoms with Crippen LogP contribution in [0.5, 0.6) is 0 Å². The van der Waals surface area contributed by atoms with Gasteiger partial charge >= 0.3 is 5.97 Å². The van der Waals surface area contributed by atoms with E-state index < -0.39 is 5.97 Å². The molecule has 0 aliphatic carbocycles. The van der Waals surface area contributed by atoms with Crippen molar-refractivity contribution in [3.63, 3.8) is 0 Å². The molecular formula is C18H26N4O3S. The Hall–Kier alpha value is -1.77. The second-order valence-electron chi connectivity index (χ2n) is 7.24. The number of carbonyl (C=O) groups is 1. The molecule has 3 rings (SSSR count). The van der Waals surface area contributed by atoms with Crippen LogP contribution in [0.1, 0.15) is 35.5 Å². The van der Waals surface area contributed by atoms with E-state index in [0.717, 1.165) is 49.4 Å². The summed E-state index contributed by atoms with van der Waals surface area (Å²) in [6.45, 7) is 9.93. The summed E-state index contributed by atoms with van der Waals surface area (Å²) in [5.74, 6) is 0.463. The number of piperazine rings is 1. The maximum absolute atomic E-state index is 11.5. The van der Waals surface area contributed by atoms with Gasteiger partial charge in [-0.3, -0.25) is 4.90 Å². The third-order valence-corrected chi connectivity index (χ3v) is 6.06. The topological polar surface area (TPSA) is 89.8 Å². The highest BCUT2D eigenvalue weighted by Crippen LogP contribution is 2.35. The van der Waals surface area contributed by atoms with Crippen LogP contribution in [0.2, 0.25) is 0 Å². The van der Waals surface area contributed by atoms with Crippen molar-refractivity contribution in [2.45, 2.75) is 33.2 Å². The van der Waals surface area contributed by atoms with Gasteiger partial charge in [-0.2, -0.15) is 0 Å². The van der Waals surface area contributed by atoms with Crippen LogP contribution in [0, 0.1) is 12.8 Å². The molecule has 26 heavy (non-hydrogen) atoms. The zero-order valence-electron chi connectivity index (χ0n) is 15.5.